The third-order valence-electron chi connectivity index (χ3n) is 4.46. The number of aromatic nitrogens is 1. The molecule has 0 amide bonds. The second-order valence-corrected chi connectivity index (χ2v) is 9.81. The lowest BCUT2D eigenvalue weighted by molar-refractivity contribution is 0.890. The Hall–Kier alpha value is -2.94. The Morgan fingerprint density at radius 1 is 0.645 bits per heavy atom. The minimum Gasteiger partial charge on any atom is -0.318 e. The van der Waals surface area contributed by atoms with Crippen LogP contribution in [0, 0.1) is 0 Å². The average Bonchev–Trinajstić information content (AvgIpc) is 3.34. The van der Waals surface area contributed by atoms with E-state index in [9.17, 15) is 0 Å². The van der Waals surface area contributed by atoms with Crippen molar-refractivity contribution in [2.45, 2.75) is 0 Å². The highest BCUT2D eigenvalue weighted by Crippen LogP contribution is 2.35. The minimum atomic E-state index is 0.807. The second kappa shape index (κ2) is 9.05. The van der Waals surface area contributed by atoms with Gasteiger partial charge < -0.3 is 4.57 Å². The van der Waals surface area contributed by atoms with E-state index in [2.05, 4.69) is 26.9 Å². The van der Waals surface area contributed by atoms with Gasteiger partial charge in [-0.2, -0.15) is 0 Å². The van der Waals surface area contributed by atoms with E-state index in [1.54, 1.807) is 11.3 Å². The predicted octanol–water partition coefficient (Wildman–Crippen LogP) is 6.35. The van der Waals surface area contributed by atoms with Gasteiger partial charge in [-0.15, -0.1) is 10.2 Å². The number of nitrogens with zero attached hydrogens (tertiary/aromatic N) is 5. The summed E-state index contributed by atoms with van der Waals surface area (Å²) in [4.78, 5) is 10.4. The SMILES string of the molecule is Cn1/c(=N\N=C2SC(=Nc3ccccc3)C(=Nc3ccccc3)S2)sc2ccccc21. The molecular formula is C23H17N5S3. The molecule has 1 aliphatic heterocycles. The lowest BCUT2D eigenvalue weighted by Crippen LogP contribution is -2.09. The van der Waals surface area contributed by atoms with Crippen LogP contribution in [0.2, 0.25) is 0 Å². The van der Waals surface area contributed by atoms with Gasteiger partial charge in [-0.3, -0.25) is 0 Å². The summed E-state index contributed by atoms with van der Waals surface area (Å²) in [5, 5.41) is 10.7. The summed E-state index contributed by atoms with van der Waals surface area (Å²) < 4.78 is 4.06. The van der Waals surface area contributed by atoms with Crippen LogP contribution in [0.1, 0.15) is 0 Å². The van der Waals surface area contributed by atoms with E-state index in [-0.39, 0.29) is 0 Å². The lowest BCUT2D eigenvalue weighted by Gasteiger charge is -1.98. The van der Waals surface area contributed by atoms with Gasteiger partial charge in [-0.1, -0.05) is 59.9 Å². The molecule has 152 valence electrons. The molecule has 2 heterocycles. The maximum atomic E-state index is 4.80. The van der Waals surface area contributed by atoms with Crippen LogP contribution in [0.4, 0.5) is 11.4 Å². The van der Waals surface area contributed by atoms with Crippen molar-refractivity contribution in [3.63, 3.8) is 0 Å². The monoisotopic (exact) mass is 459 g/mol. The van der Waals surface area contributed by atoms with Crippen LogP contribution in [0.15, 0.2) is 105 Å². The third kappa shape index (κ3) is 4.56. The maximum Gasteiger partial charge on any atom is 0.211 e. The van der Waals surface area contributed by atoms with Crippen molar-refractivity contribution in [2.24, 2.45) is 27.2 Å². The summed E-state index contributed by atoms with van der Waals surface area (Å²) in [5.74, 6) is 0. The zero-order valence-corrected chi connectivity index (χ0v) is 19.0. The van der Waals surface area contributed by atoms with Crippen LogP contribution in [-0.4, -0.2) is 19.0 Å². The van der Waals surface area contributed by atoms with E-state index in [1.165, 1.54) is 28.2 Å². The highest BCUT2D eigenvalue weighted by Gasteiger charge is 2.26. The molecule has 0 N–H and O–H groups in total. The van der Waals surface area contributed by atoms with Crippen molar-refractivity contribution < 1.29 is 0 Å². The molecule has 0 unspecified atom stereocenters. The molecule has 1 fully saturated rings. The van der Waals surface area contributed by atoms with Gasteiger partial charge in [0, 0.05) is 7.05 Å². The third-order valence-corrected chi connectivity index (χ3v) is 7.66. The van der Waals surface area contributed by atoms with Gasteiger partial charge in [0.15, 0.2) is 4.38 Å². The van der Waals surface area contributed by atoms with Crippen LogP contribution in [0.3, 0.4) is 0 Å². The fourth-order valence-corrected chi connectivity index (χ4v) is 5.88. The van der Waals surface area contributed by atoms with Crippen molar-refractivity contribution in [1.82, 2.24) is 4.57 Å². The van der Waals surface area contributed by atoms with Crippen molar-refractivity contribution in [2.75, 3.05) is 0 Å². The van der Waals surface area contributed by atoms with E-state index < -0.39 is 0 Å². The van der Waals surface area contributed by atoms with Gasteiger partial charge in [0.2, 0.25) is 4.80 Å². The minimum absolute atomic E-state index is 0.807. The molecule has 0 saturated carbocycles. The molecule has 0 aliphatic carbocycles. The first kappa shape index (κ1) is 20.0. The van der Waals surface area contributed by atoms with E-state index in [0.29, 0.717) is 0 Å². The Morgan fingerprint density at radius 2 is 1.19 bits per heavy atom. The summed E-state index contributed by atoms with van der Waals surface area (Å²) in [6, 6.07) is 28.1. The smallest absolute Gasteiger partial charge is 0.211 e. The summed E-state index contributed by atoms with van der Waals surface area (Å²) in [6.07, 6.45) is 0. The van der Waals surface area contributed by atoms with Crippen LogP contribution in [-0.2, 0) is 7.05 Å². The average molecular weight is 460 g/mol. The summed E-state index contributed by atoms with van der Waals surface area (Å²) in [6.45, 7) is 0. The predicted molar refractivity (Wildman–Crippen MR) is 136 cm³/mol. The number of benzene rings is 3. The molecule has 5 rings (SSSR count). The topological polar surface area (TPSA) is 54.4 Å². The number of para-hydroxylation sites is 3. The fraction of sp³-hybridized carbons (Fsp3) is 0.0435. The molecule has 0 spiro atoms. The molecule has 1 aromatic heterocycles. The van der Waals surface area contributed by atoms with Gasteiger partial charge in [0.1, 0.15) is 10.1 Å². The van der Waals surface area contributed by atoms with E-state index in [1.807, 2.05) is 79.8 Å². The summed E-state index contributed by atoms with van der Waals surface area (Å²) >= 11 is 4.62. The number of hydrogen-bond acceptors (Lipinski definition) is 7. The zero-order chi connectivity index (χ0) is 21.0. The molecule has 1 aliphatic rings. The fourth-order valence-electron chi connectivity index (χ4n) is 2.96. The van der Waals surface area contributed by atoms with Crippen molar-refractivity contribution in [3.05, 3.63) is 89.7 Å². The number of thioether (sulfide) groups is 2. The summed E-state index contributed by atoms with van der Waals surface area (Å²) in [7, 11) is 2.01. The molecular weight excluding hydrogens is 442 g/mol. The number of aliphatic imine (C=N–C) groups is 2. The normalized spacial score (nSPS) is 17.2. The molecule has 4 aromatic rings. The van der Waals surface area contributed by atoms with Crippen molar-refractivity contribution in [1.29, 1.82) is 0 Å². The summed E-state index contributed by atoms with van der Waals surface area (Å²) in [5.41, 5.74) is 2.93. The van der Waals surface area contributed by atoms with E-state index in [0.717, 1.165) is 36.2 Å². The lowest BCUT2D eigenvalue weighted by atomic mass is 10.3. The van der Waals surface area contributed by atoms with Gasteiger partial charge in [0.05, 0.1) is 21.6 Å². The Bertz CT molecular complexity index is 1320. The number of aryl methyl sites for hydroxylation is 1. The highest BCUT2D eigenvalue weighted by molar-refractivity contribution is 8.57. The number of hydrogen-bond donors (Lipinski definition) is 0. The van der Waals surface area contributed by atoms with Crippen LogP contribution in [0.5, 0.6) is 0 Å². The zero-order valence-electron chi connectivity index (χ0n) is 16.5. The first-order valence-electron chi connectivity index (χ1n) is 9.56. The largest absolute Gasteiger partial charge is 0.318 e. The van der Waals surface area contributed by atoms with Gasteiger partial charge in [-0.05, 0) is 59.9 Å². The maximum absolute atomic E-state index is 4.80. The van der Waals surface area contributed by atoms with Crippen molar-refractivity contribution >= 4 is 70.9 Å². The Balaban J connectivity index is 1.52. The molecule has 8 heteroatoms. The molecule has 1 saturated heterocycles. The van der Waals surface area contributed by atoms with Crippen LogP contribution >= 0.6 is 34.9 Å². The number of fused-ring (bicyclic) bond motifs is 1. The number of rotatable bonds is 3. The second-order valence-electron chi connectivity index (χ2n) is 6.59. The molecule has 0 radical (unpaired) electrons. The Labute approximate surface area is 192 Å². The number of thiazole rings is 1. The van der Waals surface area contributed by atoms with E-state index in [4.69, 9.17) is 9.98 Å². The highest BCUT2D eigenvalue weighted by atomic mass is 32.2. The molecule has 5 nitrogen and oxygen atoms in total. The van der Waals surface area contributed by atoms with Crippen LogP contribution < -0.4 is 4.80 Å². The van der Waals surface area contributed by atoms with E-state index >= 15 is 0 Å². The first-order valence-corrected chi connectivity index (χ1v) is 12.0. The molecule has 31 heavy (non-hydrogen) atoms. The van der Waals surface area contributed by atoms with Gasteiger partial charge >= 0.3 is 0 Å². The Morgan fingerprint density at radius 3 is 1.77 bits per heavy atom. The Kier molecular flexibility index (Phi) is 5.84. The molecule has 0 bridgehead atoms. The van der Waals surface area contributed by atoms with Gasteiger partial charge in [0.25, 0.3) is 0 Å². The van der Waals surface area contributed by atoms with Gasteiger partial charge in [-0.25, -0.2) is 9.98 Å². The van der Waals surface area contributed by atoms with Crippen molar-refractivity contribution in [3.8, 4) is 0 Å². The first-order chi connectivity index (χ1) is 15.3. The quantitative estimate of drug-likeness (QED) is 0.335. The van der Waals surface area contributed by atoms with Crippen LogP contribution in [0.25, 0.3) is 10.2 Å². The standard InChI is InChI=1S/C23H17N5S3/c1-28-18-14-8-9-15-19(18)29-22(28)26-27-23-30-20(24-16-10-4-2-5-11-16)21(31-23)25-17-12-6-3-7-13-17/h2-15H,1H3/b24-20?,25-21?,26-22+,27-23?. The molecule has 3 aromatic carbocycles. The molecule has 0 atom stereocenters.